The fraction of sp³-hybridized carbons (Fsp3) is 0.389. The van der Waals surface area contributed by atoms with Gasteiger partial charge < -0.3 is 4.57 Å². The molecule has 2 aromatic heterocycles. The molecule has 0 radical (unpaired) electrons. The molecule has 1 aromatic carbocycles. The summed E-state index contributed by atoms with van der Waals surface area (Å²) in [6.45, 7) is 7.44. The second kappa shape index (κ2) is 7.58. The van der Waals surface area contributed by atoms with Crippen LogP contribution in [0.2, 0.25) is 0 Å². The third-order valence-electron chi connectivity index (χ3n) is 3.98. The molecule has 0 aliphatic carbocycles. The first kappa shape index (κ1) is 17.9. The minimum Gasteiger partial charge on any atom is -0.316 e. The number of hydrogen-bond donors (Lipinski definition) is 0. The van der Waals surface area contributed by atoms with Crippen LogP contribution in [0.1, 0.15) is 28.7 Å². The molecule has 0 aliphatic heterocycles. The molecule has 3 aromatic rings. The number of aromatic nitrogens is 3. The van der Waals surface area contributed by atoms with E-state index in [1.165, 1.54) is 5.56 Å². The summed E-state index contributed by atoms with van der Waals surface area (Å²) in [5.74, 6) is 0.747. The molecule has 0 bridgehead atoms. The Morgan fingerprint density at radius 2 is 2.12 bits per heavy atom. The van der Waals surface area contributed by atoms with Gasteiger partial charge in [-0.1, -0.05) is 17.4 Å². The van der Waals surface area contributed by atoms with E-state index in [-0.39, 0.29) is 5.91 Å². The van der Waals surface area contributed by atoms with Crippen molar-refractivity contribution in [2.75, 3.05) is 12.0 Å². The highest BCUT2D eigenvalue weighted by Crippen LogP contribution is 2.19. The highest BCUT2D eigenvalue weighted by molar-refractivity contribution is 7.98. The van der Waals surface area contributed by atoms with Gasteiger partial charge in [0.15, 0.2) is 4.80 Å². The van der Waals surface area contributed by atoms with Gasteiger partial charge in [-0.15, -0.1) is 0 Å². The van der Waals surface area contributed by atoms with Gasteiger partial charge in [0.1, 0.15) is 5.69 Å². The number of hydrogen-bond acceptors (Lipinski definition) is 4. The van der Waals surface area contributed by atoms with Crippen molar-refractivity contribution in [1.82, 2.24) is 14.3 Å². The second-order valence-electron chi connectivity index (χ2n) is 5.90. The number of thioether (sulfide) groups is 1. The van der Waals surface area contributed by atoms with Crippen molar-refractivity contribution in [1.29, 1.82) is 0 Å². The van der Waals surface area contributed by atoms with E-state index >= 15 is 0 Å². The number of aryl methyl sites for hydroxylation is 4. The lowest BCUT2D eigenvalue weighted by atomic mass is 10.2. The molecule has 1 amide bonds. The summed E-state index contributed by atoms with van der Waals surface area (Å²) < 4.78 is 5.02. The maximum Gasteiger partial charge on any atom is 0.297 e. The van der Waals surface area contributed by atoms with Crippen LogP contribution in [0.25, 0.3) is 10.2 Å². The van der Waals surface area contributed by atoms with Crippen LogP contribution in [0.4, 0.5) is 0 Å². The topological polar surface area (TPSA) is 52.2 Å². The summed E-state index contributed by atoms with van der Waals surface area (Å²) in [6.07, 6.45) is 2.09. The summed E-state index contributed by atoms with van der Waals surface area (Å²) in [6, 6.07) is 8.18. The lowest BCUT2D eigenvalue weighted by Gasteiger charge is -2.04. The predicted molar refractivity (Wildman–Crippen MR) is 105 cm³/mol. The largest absolute Gasteiger partial charge is 0.316 e. The first-order valence-corrected chi connectivity index (χ1v) is 10.5. The number of nitrogens with zero attached hydrogens (tertiary/aromatic N) is 4. The molecule has 0 saturated heterocycles. The van der Waals surface area contributed by atoms with Crippen molar-refractivity contribution in [3.05, 3.63) is 46.0 Å². The zero-order valence-electron chi connectivity index (χ0n) is 14.9. The summed E-state index contributed by atoms with van der Waals surface area (Å²) >= 11 is 3.36. The van der Waals surface area contributed by atoms with Crippen LogP contribution in [0.5, 0.6) is 0 Å². The Hall–Kier alpha value is -1.86. The van der Waals surface area contributed by atoms with Crippen molar-refractivity contribution in [2.24, 2.45) is 4.99 Å². The molecule has 25 heavy (non-hydrogen) atoms. The average molecular weight is 375 g/mol. The molecule has 0 spiro atoms. The van der Waals surface area contributed by atoms with Crippen LogP contribution in [-0.2, 0) is 13.1 Å². The van der Waals surface area contributed by atoms with Crippen molar-refractivity contribution >= 4 is 39.2 Å². The van der Waals surface area contributed by atoms with Crippen molar-refractivity contribution in [3.63, 3.8) is 0 Å². The van der Waals surface area contributed by atoms with Crippen molar-refractivity contribution < 1.29 is 4.79 Å². The lowest BCUT2D eigenvalue weighted by Crippen LogP contribution is -2.19. The second-order valence-corrected chi connectivity index (χ2v) is 7.90. The summed E-state index contributed by atoms with van der Waals surface area (Å²) in [5.41, 5.74) is 3.73. The minimum absolute atomic E-state index is 0.233. The van der Waals surface area contributed by atoms with Crippen molar-refractivity contribution in [2.45, 2.75) is 33.9 Å². The Labute approximate surface area is 155 Å². The number of carbonyl (C=O) groups is 1. The quantitative estimate of drug-likeness (QED) is 0.685. The van der Waals surface area contributed by atoms with Crippen molar-refractivity contribution in [3.8, 4) is 0 Å². The summed E-state index contributed by atoms with van der Waals surface area (Å²) in [5, 5.41) is 4.35. The molecule has 3 rings (SSSR count). The lowest BCUT2D eigenvalue weighted by molar-refractivity contribution is 0.0987. The fourth-order valence-electron chi connectivity index (χ4n) is 2.77. The Morgan fingerprint density at radius 1 is 1.32 bits per heavy atom. The average Bonchev–Trinajstić information content (AvgIpc) is 3.12. The van der Waals surface area contributed by atoms with Gasteiger partial charge >= 0.3 is 0 Å². The van der Waals surface area contributed by atoms with Gasteiger partial charge in [-0.05, 0) is 50.8 Å². The number of fused-ring (bicyclic) bond motifs is 1. The molecule has 5 nitrogen and oxygen atoms in total. The first-order valence-electron chi connectivity index (χ1n) is 8.26. The SMILES string of the molecule is CCn1nc(C)cc1C(=O)N=c1sc2cc(C)ccc2n1CCSC. The molecule has 132 valence electrons. The standard InChI is InChI=1S/C18H22N4OS2/c1-5-22-15(11-13(3)20-22)17(23)19-18-21(8-9-24-4)14-7-6-12(2)10-16(14)25-18/h6-7,10-11H,5,8-9H2,1-4H3. The van der Waals surface area contributed by atoms with E-state index in [0.29, 0.717) is 12.2 Å². The molecular weight excluding hydrogens is 352 g/mol. The van der Waals surface area contributed by atoms with E-state index in [1.807, 2.05) is 13.8 Å². The molecule has 0 saturated carbocycles. The number of thiazole rings is 1. The van der Waals surface area contributed by atoms with Gasteiger partial charge in [0.2, 0.25) is 0 Å². The monoisotopic (exact) mass is 374 g/mol. The van der Waals surface area contributed by atoms with Gasteiger partial charge in [-0.3, -0.25) is 9.48 Å². The van der Waals surface area contributed by atoms with Crippen LogP contribution in [0.3, 0.4) is 0 Å². The van der Waals surface area contributed by atoms with E-state index < -0.39 is 0 Å². The number of amides is 1. The Kier molecular flexibility index (Phi) is 5.44. The Bertz CT molecular complexity index is 981. The Balaban J connectivity index is 2.12. The van der Waals surface area contributed by atoms with E-state index in [9.17, 15) is 4.79 Å². The van der Waals surface area contributed by atoms with Gasteiger partial charge in [-0.25, -0.2) is 0 Å². The van der Waals surface area contributed by atoms with Crippen LogP contribution in [0, 0.1) is 13.8 Å². The molecule has 0 atom stereocenters. The minimum atomic E-state index is -0.233. The number of benzene rings is 1. The molecule has 0 fully saturated rings. The molecular formula is C18H22N4OS2. The van der Waals surface area contributed by atoms with Crippen LogP contribution < -0.4 is 4.80 Å². The molecule has 0 aliphatic rings. The number of rotatable bonds is 5. The van der Waals surface area contributed by atoms with E-state index in [0.717, 1.165) is 33.0 Å². The molecule has 7 heteroatoms. The van der Waals surface area contributed by atoms with E-state index in [2.05, 4.69) is 46.0 Å². The van der Waals surface area contributed by atoms with Gasteiger partial charge in [0, 0.05) is 18.8 Å². The predicted octanol–water partition coefficient (Wildman–Crippen LogP) is 3.64. The van der Waals surface area contributed by atoms with Gasteiger partial charge in [0.05, 0.1) is 15.9 Å². The maximum absolute atomic E-state index is 12.7. The van der Waals surface area contributed by atoms with E-state index in [1.54, 1.807) is 33.8 Å². The van der Waals surface area contributed by atoms with E-state index in [4.69, 9.17) is 0 Å². The highest BCUT2D eigenvalue weighted by Gasteiger charge is 2.14. The van der Waals surface area contributed by atoms with Crippen LogP contribution >= 0.6 is 23.1 Å². The zero-order valence-corrected chi connectivity index (χ0v) is 16.6. The molecule has 0 unspecified atom stereocenters. The van der Waals surface area contributed by atoms with Gasteiger partial charge in [0.25, 0.3) is 5.91 Å². The zero-order chi connectivity index (χ0) is 18.0. The van der Waals surface area contributed by atoms with Crippen LogP contribution in [-0.4, -0.2) is 32.3 Å². The third kappa shape index (κ3) is 3.72. The summed E-state index contributed by atoms with van der Waals surface area (Å²) in [7, 11) is 0. The first-order chi connectivity index (χ1) is 12.0. The smallest absolute Gasteiger partial charge is 0.297 e. The number of carbonyl (C=O) groups excluding carboxylic acids is 1. The maximum atomic E-state index is 12.7. The Morgan fingerprint density at radius 3 is 2.84 bits per heavy atom. The molecule has 0 N–H and O–H groups in total. The van der Waals surface area contributed by atoms with Gasteiger partial charge in [-0.2, -0.15) is 21.9 Å². The van der Waals surface area contributed by atoms with Crippen LogP contribution in [0.15, 0.2) is 29.3 Å². The third-order valence-corrected chi connectivity index (χ3v) is 5.61. The normalized spacial score (nSPS) is 12.2. The fourth-order valence-corrected chi connectivity index (χ4v) is 4.29. The highest BCUT2D eigenvalue weighted by atomic mass is 32.2. The summed E-state index contributed by atoms with van der Waals surface area (Å²) in [4.78, 5) is 17.9. The molecule has 2 heterocycles.